The Labute approximate surface area is 129 Å². The van der Waals surface area contributed by atoms with Crippen molar-refractivity contribution in [2.75, 3.05) is 26.7 Å². The molecule has 0 aliphatic carbocycles. The molecule has 0 aromatic heterocycles. The van der Waals surface area contributed by atoms with Crippen LogP contribution in [-0.2, 0) is 6.54 Å². The Morgan fingerprint density at radius 2 is 2.05 bits per heavy atom. The van der Waals surface area contributed by atoms with E-state index in [0.29, 0.717) is 5.41 Å². The molecule has 0 unspecified atom stereocenters. The number of rotatable bonds is 4. The third-order valence-electron chi connectivity index (χ3n) is 4.06. The van der Waals surface area contributed by atoms with Crippen LogP contribution in [0, 0.1) is 5.41 Å². The van der Waals surface area contributed by atoms with Crippen LogP contribution < -0.4 is 5.32 Å². The average Bonchev–Trinajstić information content (AvgIpc) is 2.38. The summed E-state index contributed by atoms with van der Waals surface area (Å²) in [6, 6.07) is 6.15. The number of nitrogens with one attached hydrogen (secondary N) is 1. The van der Waals surface area contributed by atoms with Crippen molar-refractivity contribution in [3.8, 4) is 0 Å². The van der Waals surface area contributed by atoms with Gasteiger partial charge in [0.05, 0.1) is 5.02 Å². The molecule has 0 radical (unpaired) electrons. The Bertz CT molecular complexity index is 428. The quantitative estimate of drug-likeness (QED) is 0.889. The number of halogens is 2. The summed E-state index contributed by atoms with van der Waals surface area (Å²) >= 11 is 9.52. The molecule has 2 nitrogen and oxygen atoms in total. The average molecular weight is 346 g/mol. The van der Waals surface area contributed by atoms with Crippen LogP contribution in [0.25, 0.3) is 0 Å². The van der Waals surface area contributed by atoms with Crippen molar-refractivity contribution < 1.29 is 0 Å². The van der Waals surface area contributed by atoms with E-state index in [1.807, 2.05) is 12.1 Å². The lowest BCUT2D eigenvalue weighted by atomic mass is 9.80. The first kappa shape index (κ1) is 15.3. The maximum absolute atomic E-state index is 6.10. The minimum atomic E-state index is 0.436. The third kappa shape index (κ3) is 4.45. The van der Waals surface area contributed by atoms with Gasteiger partial charge in [0.1, 0.15) is 0 Å². The van der Waals surface area contributed by atoms with Gasteiger partial charge in [-0.15, -0.1) is 0 Å². The van der Waals surface area contributed by atoms with Crippen molar-refractivity contribution in [3.63, 3.8) is 0 Å². The molecular formula is C15H22BrClN2. The van der Waals surface area contributed by atoms with Gasteiger partial charge in [-0.25, -0.2) is 0 Å². The van der Waals surface area contributed by atoms with Gasteiger partial charge in [0.25, 0.3) is 0 Å². The van der Waals surface area contributed by atoms with E-state index in [2.05, 4.69) is 46.2 Å². The fraction of sp³-hybridized carbons (Fsp3) is 0.600. The summed E-state index contributed by atoms with van der Waals surface area (Å²) in [5.41, 5.74) is 1.68. The second-order valence-electron chi connectivity index (χ2n) is 5.97. The van der Waals surface area contributed by atoms with Crippen molar-refractivity contribution in [3.05, 3.63) is 33.3 Å². The lowest BCUT2D eigenvalue weighted by Gasteiger charge is -2.38. The zero-order chi connectivity index (χ0) is 13.9. The second kappa shape index (κ2) is 6.57. The highest BCUT2D eigenvalue weighted by Crippen LogP contribution is 2.29. The molecule has 4 heteroatoms. The van der Waals surface area contributed by atoms with Gasteiger partial charge in [0.2, 0.25) is 0 Å². The fourth-order valence-corrected chi connectivity index (χ4v) is 2.94. The van der Waals surface area contributed by atoms with E-state index in [4.69, 9.17) is 11.6 Å². The van der Waals surface area contributed by atoms with Gasteiger partial charge >= 0.3 is 0 Å². The SMILES string of the molecule is CN1CCC(C)(CNCc2ccc(Br)c(Cl)c2)CC1. The minimum absolute atomic E-state index is 0.436. The predicted octanol–water partition coefficient (Wildman–Crippen LogP) is 3.92. The van der Waals surface area contributed by atoms with E-state index in [0.717, 1.165) is 22.6 Å². The maximum atomic E-state index is 6.10. The number of likely N-dealkylation sites (tertiary alicyclic amines) is 1. The van der Waals surface area contributed by atoms with E-state index >= 15 is 0 Å². The Morgan fingerprint density at radius 1 is 1.37 bits per heavy atom. The molecule has 0 amide bonds. The molecule has 1 aliphatic rings. The summed E-state index contributed by atoms with van der Waals surface area (Å²) in [5, 5.41) is 4.36. The molecule has 0 bridgehead atoms. The van der Waals surface area contributed by atoms with Gasteiger partial charge < -0.3 is 10.2 Å². The zero-order valence-corrected chi connectivity index (χ0v) is 14.0. The van der Waals surface area contributed by atoms with E-state index in [1.165, 1.54) is 31.5 Å². The van der Waals surface area contributed by atoms with Crippen LogP contribution in [0.5, 0.6) is 0 Å². The smallest absolute Gasteiger partial charge is 0.0551 e. The molecule has 2 rings (SSSR count). The van der Waals surface area contributed by atoms with Gasteiger partial charge in [-0.2, -0.15) is 0 Å². The second-order valence-corrected chi connectivity index (χ2v) is 7.23. The van der Waals surface area contributed by atoms with Crippen LogP contribution in [0.4, 0.5) is 0 Å². The van der Waals surface area contributed by atoms with Crippen molar-refractivity contribution in [1.29, 1.82) is 0 Å². The number of nitrogens with zero attached hydrogens (tertiary/aromatic N) is 1. The number of hydrogen-bond acceptors (Lipinski definition) is 2. The summed E-state index contributed by atoms with van der Waals surface area (Å²) in [4.78, 5) is 2.41. The van der Waals surface area contributed by atoms with Gasteiger partial charge in [0, 0.05) is 17.6 Å². The number of benzene rings is 1. The van der Waals surface area contributed by atoms with E-state index in [-0.39, 0.29) is 0 Å². The Morgan fingerprint density at radius 3 is 2.68 bits per heavy atom. The van der Waals surface area contributed by atoms with Crippen molar-refractivity contribution in [2.24, 2.45) is 5.41 Å². The molecule has 1 saturated heterocycles. The van der Waals surface area contributed by atoms with E-state index in [9.17, 15) is 0 Å². The summed E-state index contributed by atoms with van der Waals surface area (Å²) in [6.07, 6.45) is 2.55. The van der Waals surface area contributed by atoms with Gasteiger partial charge in [-0.1, -0.05) is 24.6 Å². The monoisotopic (exact) mass is 344 g/mol. The molecular weight excluding hydrogens is 324 g/mol. The maximum Gasteiger partial charge on any atom is 0.0551 e. The number of hydrogen-bond donors (Lipinski definition) is 1. The molecule has 1 aliphatic heterocycles. The van der Waals surface area contributed by atoms with E-state index in [1.54, 1.807) is 0 Å². The van der Waals surface area contributed by atoms with Gasteiger partial charge in [0.15, 0.2) is 0 Å². The van der Waals surface area contributed by atoms with Crippen LogP contribution in [0.2, 0.25) is 5.02 Å². The van der Waals surface area contributed by atoms with Crippen LogP contribution in [0.15, 0.2) is 22.7 Å². The summed E-state index contributed by atoms with van der Waals surface area (Å²) in [6.45, 7) is 6.78. The van der Waals surface area contributed by atoms with Crippen LogP contribution in [0.3, 0.4) is 0 Å². The van der Waals surface area contributed by atoms with Crippen molar-refractivity contribution in [2.45, 2.75) is 26.3 Å². The number of piperidine rings is 1. The van der Waals surface area contributed by atoms with Crippen LogP contribution in [-0.4, -0.2) is 31.6 Å². The third-order valence-corrected chi connectivity index (χ3v) is 5.29. The summed E-state index contributed by atoms with van der Waals surface area (Å²) in [5.74, 6) is 0. The Hall–Kier alpha value is -0.0900. The topological polar surface area (TPSA) is 15.3 Å². The summed E-state index contributed by atoms with van der Waals surface area (Å²) in [7, 11) is 2.21. The molecule has 1 heterocycles. The first-order valence-electron chi connectivity index (χ1n) is 6.82. The predicted molar refractivity (Wildman–Crippen MR) is 85.7 cm³/mol. The van der Waals surface area contributed by atoms with Crippen molar-refractivity contribution in [1.82, 2.24) is 10.2 Å². The molecule has 0 atom stereocenters. The molecule has 0 saturated carbocycles. The highest BCUT2D eigenvalue weighted by molar-refractivity contribution is 9.10. The first-order valence-corrected chi connectivity index (χ1v) is 7.99. The standard InChI is InChI=1S/C15H22BrClN2/c1-15(5-7-19(2)8-6-15)11-18-10-12-3-4-13(16)14(17)9-12/h3-4,9,18H,5-8,10-11H2,1-2H3. The van der Waals surface area contributed by atoms with Gasteiger partial charge in [-0.3, -0.25) is 0 Å². The first-order chi connectivity index (χ1) is 8.98. The Balaban J connectivity index is 1.81. The largest absolute Gasteiger partial charge is 0.312 e. The highest BCUT2D eigenvalue weighted by Gasteiger charge is 2.28. The van der Waals surface area contributed by atoms with E-state index < -0.39 is 0 Å². The Kier molecular flexibility index (Phi) is 5.29. The minimum Gasteiger partial charge on any atom is -0.312 e. The molecule has 1 aromatic rings. The molecule has 19 heavy (non-hydrogen) atoms. The fourth-order valence-electron chi connectivity index (χ4n) is 2.49. The highest BCUT2D eigenvalue weighted by atomic mass is 79.9. The van der Waals surface area contributed by atoms with Crippen LogP contribution >= 0.6 is 27.5 Å². The van der Waals surface area contributed by atoms with Gasteiger partial charge in [-0.05, 0) is 72.0 Å². The molecule has 0 spiro atoms. The lowest BCUT2D eigenvalue weighted by molar-refractivity contribution is 0.137. The van der Waals surface area contributed by atoms with Crippen molar-refractivity contribution >= 4 is 27.5 Å². The normalized spacial score (nSPS) is 19.6. The lowest BCUT2D eigenvalue weighted by Crippen LogP contribution is -2.41. The molecule has 106 valence electrons. The van der Waals surface area contributed by atoms with Crippen LogP contribution in [0.1, 0.15) is 25.3 Å². The summed E-state index contributed by atoms with van der Waals surface area (Å²) < 4.78 is 0.959. The molecule has 1 aromatic carbocycles. The molecule has 1 fully saturated rings. The molecule has 1 N–H and O–H groups in total. The zero-order valence-electron chi connectivity index (χ0n) is 11.7.